The van der Waals surface area contributed by atoms with E-state index in [4.69, 9.17) is 14.2 Å². The number of carbonyl (C=O) groups excluding carboxylic acids is 1. The van der Waals surface area contributed by atoms with Crippen molar-refractivity contribution < 1.29 is 41.0 Å². The Morgan fingerprint density at radius 3 is 2.26 bits per heavy atom. The summed E-state index contributed by atoms with van der Waals surface area (Å²) in [4.78, 5) is 12.5. The Balaban J connectivity index is 1.40. The quantitative estimate of drug-likeness (QED) is 0.0916. The Bertz CT molecular complexity index is 1450. The molecule has 0 heterocycles. The predicted octanol–water partition coefficient (Wildman–Crippen LogP) is 9.31. The van der Waals surface area contributed by atoms with E-state index in [0.29, 0.717) is 31.3 Å². The Morgan fingerprint density at radius 2 is 1.57 bits per heavy atom. The average molecular weight is 589 g/mol. The van der Waals surface area contributed by atoms with Crippen molar-refractivity contribution in [2.24, 2.45) is 0 Å². The van der Waals surface area contributed by atoms with Gasteiger partial charge in [-0.3, -0.25) is 0 Å². The monoisotopic (exact) mass is 588 g/mol. The second-order valence-electron chi connectivity index (χ2n) is 10.1. The number of rotatable bonds is 12. The van der Waals surface area contributed by atoms with Gasteiger partial charge in [-0.25, -0.2) is 18.0 Å². The molecular formula is C33H33F5O4. The number of carbonyl (C=O) groups is 1. The summed E-state index contributed by atoms with van der Waals surface area (Å²) in [6.07, 6.45) is 6.67. The maximum atomic E-state index is 15.0. The molecule has 42 heavy (non-hydrogen) atoms. The van der Waals surface area contributed by atoms with Gasteiger partial charge in [-0.1, -0.05) is 38.3 Å². The van der Waals surface area contributed by atoms with E-state index in [9.17, 15) is 22.4 Å². The molecule has 0 aliphatic heterocycles. The van der Waals surface area contributed by atoms with Crippen LogP contribution in [0.25, 0.3) is 5.57 Å². The zero-order valence-electron chi connectivity index (χ0n) is 23.6. The van der Waals surface area contributed by atoms with Crippen LogP contribution in [0.1, 0.15) is 86.2 Å². The van der Waals surface area contributed by atoms with Crippen LogP contribution < -0.4 is 14.2 Å². The van der Waals surface area contributed by atoms with Crippen LogP contribution in [-0.2, 0) is 0 Å². The van der Waals surface area contributed by atoms with Crippen LogP contribution in [0.4, 0.5) is 22.0 Å². The summed E-state index contributed by atoms with van der Waals surface area (Å²) < 4.78 is 88.6. The highest BCUT2D eigenvalue weighted by atomic mass is 19.2. The van der Waals surface area contributed by atoms with Gasteiger partial charge in [-0.15, -0.1) is 0 Å². The van der Waals surface area contributed by atoms with Crippen LogP contribution in [0, 0.1) is 29.1 Å². The van der Waals surface area contributed by atoms with E-state index in [2.05, 4.69) is 6.92 Å². The number of allylic oxidation sites excluding steroid dienone is 2. The molecule has 1 aliphatic carbocycles. The molecular weight excluding hydrogens is 555 g/mol. The van der Waals surface area contributed by atoms with Crippen molar-refractivity contribution in [2.45, 2.75) is 64.7 Å². The lowest BCUT2D eigenvalue weighted by Crippen LogP contribution is -2.13. The molecule has 0 fully saturated rings. The average Bonchev–Trinajstić information content (AvgIpc) is 2.98. The van der Waals surface area contributed by atoms with Gasteiger partial charge in [0, 0.05) is 11.6 Å². The summed E-state index contributed by atoms with van der Waals surface area (Å²) in [6, 6.07) is 8.92. The van der Waals surface area contributed by atoms with E-state index in [1.807, 2.05) is 0 Å². The van der Waals surface area contributed by atoms with Crippen molar-refractivity contribution in [1.82, 2.24) is 0 Å². The third kappa shape index (κ3) is 7.12. The Labute approximate surface area is 242 Å². The summed E-state index contributed by atoms with van der Waals surface area (Å²) in [7, 11) is 0. The zero-order chi connectivity index (χ0) is 30.2. The van der Waals surface area contributed by atoms with Crippen LogP contribution >= 0.6 is 0 Å². The number of hydrogen-bond acceptors (Lipinski definition) is 4. The van der Waals surface area contributed by atoms with Gasteiger partial charge in [0.1, 0.15) is 11.6 Å². The third-order valence-electron chi connectivity index (χ3n) is 7.25. The molecule has 0 bridgehead atoms. The number of halogens is 5. The van der Waals surface area contributed by atoms with Gasteiger partial charge < -0.3 is 14.2 Å². The van der Waals surface area contributed by atoms with Gasteiger partial charge in [-0.05, 0) is 80.0 Å². The maximum Gasteiger partial charge on any atom is 0.346 e. The second-order valence-corrected chi connectivity index (χ2v) is 10.1. The normalized spacial score (nSPS) is 14.8. The maximum absolute atomic E-state index is 15.0. The summed E-state index contributed by atoms with van der Waals surface area (Å²) >= 11 is 0. The van der Waals surface area contributed by atoms with Crippen molar-refractivity contribution in [1.29, 1.82) is 0 Å². The lowest BCUT2D eigenvalue weighted by molar-refractivity contribution is 0.0728. The molecule has 0 radical (unpaired) electrons. The van der Waals surface area contributed by atoms with E-state index in [1.165, 1.54) is 24.3 Å². The lowest BCUT2D eigenvalue weighted by atomic mass is 9.82. The molecule has 1 atom stereocenters. The summed E-state index contributed by atoms with van der Waals surface area (Å²) in [5, 5.41) is 0. The first kappa shape index (κ1) is 31.1. The SMILES string of the molecule is CCCCCCOc1ccc(C(=O)Oc2ccc(C3=CCC(c4ccc(OCC)c(F)c4F)CC3)c(F)c2)c(F)c1F. The fourth-order valence-corrected chi connectivity index (χ4v) is 4.98. The number of unbranched alkanes of at least 4 members (excludes halogenated alkanes) is 3. The van der Waals surface area contributed by atoms with Gasteiger partial charge in [0.05, 0.1) is 18.8 Å². The van der Waals surface area contributed by atoms with Gasteiger partial charge in [0.2, 0.25) is 11.6 Å². The fraction of sp³-hybridized carbons (Fsp3) is 0.364. The second kappa shape index (κ2) is 14.3. The first-order valence-corrected chi connectivity index (χ1v) is 14.2. The Hall–Kier alpha value is -3.88. The molecule has 224 valence electrons. The minimum atomic E-state index is -1.41. The van der Waals surface area contributed by atoms with Crippen LogP contribution in [-0.4, -0.2) is 19.2 Å². The van der Waals surface area contributed by atoms with Crippen LogP contribution in [0.5, 0.6) is 17.2 Å². The number of esters is 1. The summed E-state index contributed by atoms with van der Waals surface area (Å²) in [5.41, 5.74) is 0.537. The smallest absolute Gasteiger partial charge is 0.346 e. The first-order valence-electron chi connectivity index (χ1n) is 14.2. The Kier molecular flexibility index (Phi) is 10.6. The zero-order valence-corrected chi connectivity index (χ0v) is 23.6. The highest BCUT2D eigenvalue weighted by Gasteiger charge is 2.25. The Morgan fingerprint density at radius 1 is 0.833 bits per heavy atom. The predicted molar refractivity (Wildman–Crippen MR) is 149 cm³/mol. The van der Waals surface area contributed by atoms with Crippen molar-refractivity contribution in [3.8, 4) is 17.2 Å². The highest BCUT2D eigenvalue weighted by Crippen LogP contribution is 2.39. The van der Waals surface area contributed by atoms with E-state index in [-0.39, 0.29) is 47.5 Å². The van der Waals surface area contributed by atoms with Crippen molar-refractivity contribution in [3.05, 3.63) is 94.3 Å². The van der Waals surface area contributed by atoms with E-state index < -0.39 is 40.6 Å². The molecule has 1 unspecified atom stereocenters. The molecule has 3 aromatic carbocycles. The van der Waals surface area contributed by atoms with Gasteiger partial charge >= 0.3 is 5.97 Å². The molecule has 0 saturated heterocycles. The molecule has 3 aromatic rings. The van der Waals surface area contributed by atoms with E-state index >= 15 is 4.39 Å². The largest absolute Gasteiger partial charge is 0.491 e. The number of ether oxygens (including phenoxy) is 3. The minimum Gasteiger partial charge on any atom is -0.491 e. The van der Waals surface area contributed by atoms with Gasteiger partial charge in [-0.2, -0.15) is 8.78 Å². The standard InChI is InChI=1S/C33H33F5O4/c1-3-5-6-7-18-41-28-17-15-25(30(36)32(28)38)33(39)42-22-12-13-23(26(34)19-22)20-8-10-21(11-9-20)24-14-16-27(40-4-2)31(37)29(24)35/h8,12-17,19,21H,3-7,9-11,18H2,1-2H3. The molecule has 4 rings (SSSR count). The highest BCUT2D eigenvalue weighted by molar-refractivity contribution is 5.91. The molecule has 9 heteroatoms. The first-order chi connectivity index (χ1) is 20.2. The van der Waals surface area contributed by atoms with Crippen LogP contribution in [0.2, 0.25) is 0 Å². The molecule has 0 spiro atoms. The molecule has 0 saturated carbocycles. The number of benzene rings is 3. The topological polar surface area (TPSA) is 44.8 Å². The summed E-state index contributed by atoms with van der Waals surface area (Å²) in [5.74, 6) is -7.43. The lowest BCUT2D eigenvalue weighted by Gasteiger charge is -2.24. The molecule has 4 nitrogen and oxygen atoms in total. The van der Waals surface area contributed by atoms with E-state index in [1.54, 1.807) is 13.0 Å². The van der Waals surface area contributed by atoms with Crippen molar-refractivity contribution in [3.63, 3.8) is 0 Å². The molecule has 0 aromatic heterocycles. The third-order valence-corrected chi connectivity index (χ3v) is 7.25. The van der Waals surface area contributed by atoms with Crippen molar-refractivity contribution >= 4 is 11.5 Å². The van der Waals surface area contributed by atoms with Gasteiger partial charge in [0.15, 0.2) is 23.1 Å². The fourth-order valence-electron chi connectivity index (χ4n) is 4.98. The molecule has 0 N–H and O–H groups in total. The summed E-state index contributed by atoms with van der Waals surface area (Å²) in [6.45, 7) is 4.17. The van der Waals surface area contributed by atoms with Crippen LogP contribution in [0.15, 0.2) is 48.5 Å². The van der Waals surface area contributed by atoms with E-state index in [0.717, 1.165) is 37.5 Å². The minimum absolute atomic E-state index is 0.138. The molecule has 1 aliphatic rings. The van der Waals surface area contributed by atoms with Crippen molar-refractivity contribution in [2.75, 3.05) is 13.2 Å². The number of hydrogen-bond donors (Lipinski definition) is 0. The van der Waals surface area contributed by atoms with Gasteiger partial charge in [0.25, 0.3) is 0 Å². The van der Waals surface area contributed by atoms with Crippen LogP contribution in [0.3, 0.4) is 0 Å². The molecule has 0 amide bonds.